The van der Waals surface area contributed by atoms with Crippen LogP contribution in [0.5, 0.6) is 0 Å². The smallest absolute Gasteiger partial charge is 0.303 e. The number of carbonyl (C=O) groups excluding carboxylic acids is 1. The standard InChI is InChI=1S/C23H24FN3O3S/c1-17-8-14-20(15-9-17)25-23(28)19-12-10-18(11-13-19)16-27(31(29,30)26(2)3)22-7-5-4-6-21(22)24/h4-15H,16H2,1-3H3,(H,25,28). The highest BCUT2D eigenvalue weighted by molar-refractivity contribution is 7.90. The van der Waals surface area contributed by atoms with Crippen LogP contribution in [0.25, 0.3) is 0 Å². The van der Waals surface area contributed by atoms with Crippen molar-refractivity contribution in [2.45, 2.75) is 13.5 Å². The molecule has 31 heavy (non-hydrogen) atoms. The third-order valence-corrected chi connectivity index (χ3v) is 6.52. The molecule has 3 aromatic carbocycles. The first-order valence-electron chi connectivity index (χ1n) is 9.60. The van der Waals surface area contributed by atoms with Crippen LogP contribution in [0.15, 0.2) is 72.8 Å². The first-order chi connectivity index (χ1) is 14.7. The number of hydrogen-bond acceptors (Lipinski definition) is 3. The van der Waals surface area contributed by atoms with Crippen LogP contribution in [-0.2, 0) is 16.8 Å². The van der Waals surface area contributed by atoms with Gasteiger partial charge in [0.2, 0.25) is 0 Å². The number of benzene rings is 3. The van der Waals surface area contributed by atoms with Gasteiger partial charge in [0.15, 0.2) is 0 Å². The number of carbonyl (C=O) groups is 1. The highest BCUT2D eigenvalue weighted by Gasteiger charge is 2.27. The molecular formula is C23H24FN3O3S. The van der Waals surface area contributed by atoms with Crippen LogP contribution in [0.2, 0.25) is 0 Å². The summed E-state index contributed by atoms with van der Waals surface area (Å²) in [6, 6.07) is 19.7. The van der Waals surface area contributed by atoms with E-state index in [4.69, 9.17) is 0 Å². The summed E-state index contributed by atoms with van der Waals surface area (Å²) in [7, 11) is -1.15. The molecule has 0 saturated carbocycles. The predicted octanol–water partition coefficient (Wildman–Crippen LogP) is 4.20. The predicted molar refractivity (Wildman–Crippen MR) is 121 cm³/mol. The van der Waals surface area contributed by atoms with Crippen molar-refractivity contribution in [3.63, 3.8) is 0 Å². The summed E-state index contributed by atoms with van der Waals surface area (Å²) in [6.07, 6.45) is 0. The van der Waals surface area contributed by atoms with Gasteiger partial charge in [-0.3, -0.25) is 9.10 Å². The number of nitrogens with zero attached hydrogens (tertiary/aromatic N) is 2. The number of para-hydroxylation sites is 1. The first kappa shape index (κ1) is 22.5. The minimum Gasteiger partial charge on any atom is -0.322 e. The molecule has 0 spiro atoms. The summed E-state index contributed by atoms with van der Waals surface area (Å²) < 4.78 is 42.0. The molecule has 3 aromatic rings. The van der Waals surface area contributed by atoms with E-state index in [0.717, 1.165) is 14.2 Å². The van der Waals surface area contributed by atoms with Gasteiger partial charge in [-0.2, -0.15) is 12.7 Å². The Balaban J connectivity index is 1.82. The molecule has 0 heterocycles. The lowest BCUT2D eigenvalue weighted by molar-refractivity contribution is 0.102. The van der Waals surface area contributed by atoms with Gasteiger partial charge in [0, 0.05) is 25.3 Å². The monoisotopic (exact) mass is 441 g/mol. The van der Waals surface area contributed by atoms with Gasteiger partial charge in [-0.05, 0) is 48.9 Å². The van der Waals surface area contributed by atoms with Crippen LogP contribution >= 0.6 is 0 Å². The molecule has 0 aromatic heterocycles. The number of hydrogen-bond donors (Lipinski definition) is 1. The van der Waals surface area contributed by atoms with Crippen molar-refractivity contribution in [2.75, 3.05) is 23.7 Å². The highest BCUT2D eigenvalue weighted by atomic mass is 32.2. The molecule has 6 nitrogen and oxygen atoms in total. The third-order valence-electron chi connectivity index (χ3n) is 4.71. The Morgan fingerprint density at radius 3 is 2.13 bits per heavy atom. The zero-order chi connectivity index (χ0) is 22.6. The number of nitrogens with one attached hydrogen (secondary N) is 1. The summed E-state index contributed by atoms with van der Waals surface area (Å²) in [4.78, 5) is 12.5. The molecule has 0 unspecified atom stereocenters. The Morgan fingerprint density at radius 1 is 0.935 bits per heavy atom. The summed E-state index contributed by atoms with van der Waals surface area (Å²) >= 11 is 0. The molecule has 0 atom stereocenters. The fraction of sp³-hybridized carbons (Fsp3) is 0.174. The summed E-state index contributed by atoms with van der Waals surface area (Å²) in [5.41, 5.74) is 2.77. The van der Waals surface area contributed by atoms with Crippen molar-refractivity contribution in [1.29, 1.82) is 0 Å². The molecule has 0 radical (unpaired) electrons. The van der Waals surface area contributed by atoms with E-state index in [1.807, 2.05) is 31.2 Å². The Kier molecular flexibility index (Phi) is 6.72. The van der Waals surface area contributed by atoms with E-state index in [9.17, 15) is 17.6 Å². The van der Waals surface area contributed by atoms with Crippen molar-refractivity contribution >= 4 is 27.5 Å². The van der Waals surface area contributed by atoms with E-state index in [2.05, 4.69) is 5.32 Å². The van der Waals surface area contributed by atoms with Crippen molar-refractivity contribution in [3.8, 4) is 0 Å². The van der Waals surface area contributed by atoms with E-state index in [1.165, 1.54) is 32.3 Å². The van der Waals surface area contributed by atoms with Gasteiger partial charge in [-0.1, -0.05) is 42.0 Å². The molecule has 3 rings (SSSR count). The Morgan fingerprint density at radius 2 is 1.55 bits per heavy atom. The molecule has 8 heteroatoms. The van der Waals surface area contributed by atoms with E-state index < -0.39 is 16.0 Å². The van der Waals surface area contributed by atoms with Gasteiger partial charge in [-0.25, -0.2) is 4.39 Å². The normalized spacial score (nSPS) is 11.4. The van der Waals surface area contributed by atoms with E-state index in [-0.39, 0.29) is 18.1 Å². The van der Waals surface area contributed by atoms with Crippen molar-refractivity contribution in [1.82, 2.24) is 4.31 Å². The molecule has 0 aliphatic heterocycles. The van der Waals surface area contributed by atoms with Crippen LogP contribution < -0.4 is 9.62 Å². The maximum Gasteiger partial charge on any atom is 0.303 e. The average Bonchev–Trinajstić information content (AvgIpc) is 2.74. The molecule has 0 aliphatic rings. The zero-order valence-corrected chi connectivity index (χ0v) is 18.4. The van der Waals surface area contributed by atoms with Crippen LogP contribution in [0, 0.1) is 12.7 Å². The van der Waals surface area contributed by atoms with Gasteiger partial charge >= 0.3 is 10.2 Å². The Hall–Kier alpha value is -3.23. The molecule has 1 N–H and O–H groups in total. The number of amides is 1. The zero-order valence-electron chi connectivity index (χ0n) is 17.5. The lowest BCUT2D eigenvalue weighted by Gasteiger charge is -2.27. The summed E-state index contributed by atoms with van der Waals surface area (Å²) in [5.74, 6) is -0.913. The van der Waals surface area contributed by atoms with E-state index in [1.54, 1.807) is 30.3 Å². The van der Waals surface area contributed by atoms with Crippen LogP contribution in [0.1, 0.15) is 21.5 Å². The highest BCUT2D eigenvalue weighted by Crippen LogP contribution is 2.25. The second-order valence-electron chi connectivity index (χ2n) is 7.27. The first-order valence-corrected chi connectivity index (χ1v) is 11.0. The molecule has 0 bridgehead atoms. The van der Waals surface area contributed by atoms with Gasteiger partial charge < -0.3 is 5.32 Å². The maximum atomic E-state index is 14.4. The quantitative estimate of drug-likeness (QED) is 0.597. The maximum absolute atomic E-state index is 14.4. The Labute approximate surface area is 182 Å². The fourth-order valence-corrected chi connectivity index (χ4v) is 4.01. The number of anilines is 2. The van der Waals surface area contributed by atoms with Crippen molar-refractivity contribution in [2.24, 2.45) is 0 Å². The van der Waals surface area contributed by atoms with Crippen LogP contribution in [0.4, 0.5) is 15.8 Å². The van der Waals surface area contributed by atoms with Crippen LogP contribution in [-0.4, -0.2) is 32.7 Å². The minimum atomic E-state index is -3.94. The average molecular weight is 442 g/mol. The molecule has 0 aliphatic carbocycles. The van der Waals surface area contributed by atoms with Gasteiger partial charge in [-0.15, -0.1) is 0 Å². The molecule has 0 fully saturated rings. The van der Waals surface area contributed by atoms with Crippen molar-refractivity contribution in [3.05, 3.63) is 95.3 Å². The van der Waals surface area contributed by atoms with Gasteiger partial charge in [0.05, 0.1) is 12.2 Å². The fourth-order valence-electron chi connectivity index (χ4n) is 2.91. The number of halogens is 1. The molecule has 0 saturated heterocycles. The SMILES string of the molecule is Cc1ccc(NC(=O)c2ccc(CN(c3ccccc3F)S(=O)(=O)N(C)C)cc2)cc1. The van der Waals surface area contributed by atoms with E-state index in [0.29, 0.717) is 16.8 Å². The number of aryl methyl sites for hydroxylation is 1. The van der Waals surface area contributed by atoms with Gasteiger partial charge in [0.25, 0.3) is 5.91 Å². The minimum absolute atomic E-state index is 0.0441. The Bertz CT molecular complexity index is 1160. The second kappa shape index (κ2) is 9.28. The molecular weight excluding hydrogens is 417 g/mol. The molecule has 162 valence electrons. The second-order valence-corrected chi connectivity index (χ2v) is 9.33. The molecule has 1 amide bonds. The van der Waals surface area contributed by atoms with Crippen LogP contribution in [0.3, 0.4) is 0 Å². The van der Waals surface area contributed by atoms with E-state index >= 15 is 0 Å². The largest absolute Gasteiger partial charge is 0.322 e. The third kappa shape index (κ3) is 5.28. The lowest BCUT2D eigenvalue weighted by Crippen LogP contribution is -2.40. The lowest BCUT2D eigenvalue weighted by atomic mass is 10.1. The summed E-state index contributed by atoms with van der Waals surface area (Å²) in [6.45, 7) is 1.88. The van der Waals surface area contributed by atoms with Gasteiger partial charge in [0.1, 0.15) is 5.82 Å². The van der Waals surface area contributed by atoms with Crippen molar-refractivity contribution < 1.29 is 17.6 Å². The number of rotatable bonds is 7. The topological polar surface area (TPSA) is 69.7 Å². The summed E-state index contributed by atoms with van der Waals surface area (Å²) in [5, 5.41) is 2.82.